The zero-order valence-electron chi connectivity index (χ0n) is 12.6. The van der Waals surface area contributed by atoms with Crippen LogP contribution in [0.4, 0.5) is 0 Å². The largest absolute Gasteiger partial charge is 0.352 e. The minimum Gasteiger partial charge on any atom is -0.352 e. The normalized spacial score (nSPS) is 32.3. The molecular formula is C18H25NO. The lowest BCUT2D eigenvalue weighted by Gasteiger charge is -2.45. The molecule has 1 saturated heterocycles. The van der Waals surface area contributed by atoms with Gasteiger partial charge in [-0.15, -0.1) is 0 Å². The van der Waals surface area contributed by atoms with Gasteiger partial charge in [-0.3, -0.25) is 4.79 Å². The summed E-state index contributed by atoms with van der Waals surface area (Å²) >= 11 is 0. The molecule has 2 atom stereocenters. The monoisotopic (exact) mass is 271 g/mol. The number of nitrogens with one attached hydrogen (secondary N) is 1. The molecule has 2 fully saturated rings. The van der Waals surface area contributed by atoms with Gasteiger partial charge in [-0.25, -0.2) is 0 Å². The molecule has 108 valence electrons. The van der Waals surface area contributed by atoms with Gasteiger partial charge in [-0.1, -0.05) is 50.6 Å². The average molecular weight is 271 g/mol. The van der Waals surface area contributed by atoms with Crippen LogP contribution in [0.3, 0.4) is 0 Å². The van der Waals surface area contributed by atoms with Crippen LogP contribution in [0.5, 0.6) is 0 Å². The number of benzene rings is 1. The van der Waals surface area contributed by atoms with Crippen LogP contribution in [-0.2, 0) is 11.2 Å². The van der Waals surface area contributed by atoms with Gasteiger partial charge in [0.05, 0.1) is 0 Å². The standard InChI is InChI=1S/C18H25NO/c1-17(2)9-6-10-18(13-17)12-16(20)19-15(18)11-14-7-4-3-5-8-14/h3-5,7-8,15H,6,9-13H2,1-2H3,(H,19,20). The molecule has 2 nitrogen and oxygen atoms in total. The highest BCUT2D eigenvalue weighted by molar-refractivity contribution is 5.80. The molecule has 2 unspecified atom stereocenters. The molecule has 1 aromatic carbocycles. The van der Waals surface area contributed by atoms with E-state index in [1.165, 1.54) is 31.2 Å². The number of carbonyl (C=O) groups excluding carboxylic acids is 1. The van der Waals surface area contributed by atoms with Gasteiger partial charge in [0.1, 0.15) is 0 Å². The first-order valence-electron chi connectivity index (χ1n) is 7.83. The number of hydrogen-bond donors (Lipinski definition) is 1. The van der Waals surface area contributed by atoms with Gasteiger partial charge in [0, 0.05) is 17.9 Å². The summed E-state index contributed by atoms with van der Waals surface area (Å²) < 4.78 is 0. The van der Waals surface area contributed by atoms with Crippen molar-refractivity contribution in [2.24, 2.45) is 10.8 Å². The number of amides is 1. The van der Waals surface area contributed by atoms with Crippen LogP contribution in [0, 0.1) is 10.8 Å². The molecule has 1 aliphatic carbocycles. The lowest BCUT2D eigenvalue weighted by molar-refractivity contribution is -0.120. The van der Waals surface area contributed by atoms with Gasteiger partial charge in [0.2, 0.25) is 5.91 Å². The maximum Gasteiger partial charge on any atom is 0.220 e. The van der Waals surface area contributed by atoms with Crippen LogP contribution in [-0.4, -0.2) is 11.9 Å². The second-order valence-electron chi connectivity index (χ2n) is 7.54. The Morgan fingerprint density at radius 1 is 1.20 bits per heavy atom. The molecule has 0 radical (unpaired) electrons. The van der Waals surface area contributed by atoms with Gasteiger partial charge in [-0.05, 0) is 36.7 Å². The van der Waals surface area contributed by atoms with Crippen LogP contribution in [0.15, 0.2) is 30.3 Å². The Balaban J connectivity index is 1.83. The quantitative estimate of drug-likeness (QED) is 0.873. The van der Waals surface area contributed by atoms with E-state index in [-0.39, 0.29) is 11.3 Å². The van der Waals surface area contributed by atoms with Crippen molar-refractivity contribution >= 4 is 5.91 Å². The van der Waals surface area contributed by atoms with E-state index in [9.17, 15) is 4.79 Å². The summed E-state index contributed by atoms with van der Waals surface area (Å²) in [4.78, 5) is 12.0. The first-order valence-corrected chi connectivity index (χ1v) is 7.83. The van der Waals surface area contributed by atoms with Crippen molar-refractivity contribution in [1.82, 2.24) is 5.32 Å². The minimum atomic E-state index is 0.189. The molecule has 1 saturated carbocycles. The molecule has 0 aromatic heterocycles. The molecule has 1 spiro atoms. The Labute approximate surface area is 122 Å². The topological polar surface area (TPSA) is 29.1 Å². The Kier molecular flexibility index (Phi) is 3.35. The van der Waals surface area contributed by atoms with Crippen LogP contribution in [0.25, 0.3) is 0 Å². The molecular weight excluding hydrogens is 246 g/mol. The van der Waals surface area contributed by atoms with Gasteiger partial charge in [0.15, 0.2) is 0 Å². The lowest BCUT2D eigenvalue weighted by Crippen LogP contribution is -2.44. The van der Waals surface area contributed by atoms with Crippen molar-refractivity contribution in [3.05, 3.63) is 35.9 Å². The zero-order valence-corrected chi connectivity index (χ0v) is 12.6. The molecule has 1 aliphatic heterocycles. The smallest absolute Gasteiger partial charge is 0.220 e. The second kappa shape index (κ2) is 4.91. The predicted molar refractivity (Wildman–Crippen MR) is 81.4 cm³/mol. The molecule has 20 heavy (non-hydrogen) atoms. The van der Waals surface area contributed by atoms with Crippen molar-refractivity contribution < 1.29 is 4.79 Å². The highest BCUT2D eigenvalue weighted by atomic mass is 16.2. The van der Waals surface area contributed by atoms with Crippen molar-refractivity contribution in [2.45, 2.75) is 58.4 Å². The minimum absolute atomic E-state index is 0.189. The second-order valence-corrected chi connectivity index (χ2v) is 7.54. The van der Waals surface area contributed by atoms with Crippen LogP contribution < -0.4 is 5.32 Å². The van der Waals surface area contributed by atoms with E-state index < -0.39 is 0 Å². The van der Waals surface area contributed by atoms with Gasteiger partial charge in [-0.2, -0.15) is 0 Å². The first kappa shape index (κ1) is 13.7. The third-order valence-corrected chi connectivity index (χ3v) is 5.23. The maximum atomic E-state index is 12.0. The Morgan fingerprint density at radius 3 is 2.65 bits per heavy atom. The van der Waals surface area contributed by atoms with E-state index in [4.69, 9.17) is 0 Å². The van der Waals surface area contributed by atoms with Crippen molar-refractivity contribution in [2.75, 3.05) is 0 Å². The Hall–Kier alpha value is -1.31. The lowest BCUT2D eigenvalue weighted by atomic mass is 9.60. The number of carbonyl (C=O) groups is 1. The van der Waals surface area contributed by atoms with E-state index in [0.717, 1.165) is 12.8 Å². The molecule has 3 rings (SSSR count). The number of hydrogen-bond acceptors (Lipinski definition) is 1. The number of rotatable bonds is 2. The van der Waals surface area contributed by atoms with E-state index in [1.54, 1.807) is 0 Å². The van der Waals surface area contributed by atoms with Gasteiger partial charge < -0.3 is 5.32 Å². The third-order valence-electron chi connectivity index (χ3n) is 5.23. The summed E-state index contributed by atoms with van der Waals surface area (Å²) in [6.45, 7) is 4.71. The third kappa shape index (κ3) is 2.61. The Bertz CT molecular complexity index is 493. The molecule has 0 bridgehead atoms. The van der Waals surface area contributed by atoms with Gasteiger partial charge in [0.25, 0.3) is 0 Å². The fraction of sp³-hybridized carbons (Fsp3) is 0.611. The summed E-state index contributed by atoms with van der Waals surface area (Å²) in [5, 5.41) is 3.26. The van der Waals surface area contributed by atoms with Crippen LogP contribution >= 0.6 is 0 Å². The fourth-order valence-electron chi connectivity index (χ4n) is 4.46. The van der Waals surface area contributed by atoms with E-state index in [2.05, 4.69) is 49.5 Å². The molecule has 1 aromatic rings. The van der Waals surface area contributed by atoms with Crippen molar-refractivity contribution in [3.8, 4) is 0 Å². The molecule has 2 heteroatoms. The van der Waals surface area contributed by atoms with Crippen LogP contribution in [0.2, 0.25) is 0 Å². The fourth-order valence-corrected chi connectivity index (χ4v) is 4.46. The van der Waals surface area contributed by atoms with Crippen LogP contribution in [0.1, 0.15) is 51.5 Å². The van der Waals surface area contributed by atoms with Crippen molar-refractivity contribution in [1.29, 1.82) is 0 Å². The van der Waals surface area contributed by atoms with E-state index >= 15 is 0 Å². The molecule has 1 amide bonds. The molecule has 1 N–H and O–H groups in total. The summed E-state index contributed by atoms with van der Waals surface area (Å²) in [5.41, 5.74) is 1.90. The highest BCUT2D eigenvalue weighted by Crippen LogP contribution is 2.52. The highest BCUT2D eigenvalue weighted by Gasteiger charge is 2.50. The molecule has 2 aliphatic rings. The summed E-state index contributed by atoms with van der Waals surface area (Å²) in [7, 11) is 0. The van der Waals surface area contributed by atoms with E-state index in [0.29, 0.717) is 11.5 Å². The average Bonchev–Trinajstić information content (AvgIpc) is 2.64. The predicted octanol–water partition coefficient (Wildman–Crippen LogP) is 3.70. The van der Waals surface area contributed by atoms with Crippen molar-refractivity contribution in [3.63, 3.8) is 0 Å². The Morgan fingerprint density at radius 2 is 1.95 bits per heavy atom. The molecule has 1 heterocycles. The van der Waals surface area contributed by atoms with E-state index in [1.807, 2.05) is 0 Å². The SMILES string of the molecule is CC1(C)CCCC2(CC(=O)NC2Cc2ccccc2)C1. The maximum absolute atomic E-state index is 12.0. The zero-order chi connectivity index (χ0) is 14.2. The van der Waals surface area contributed by atoms with Gasteiger partial charge >= 0.3 is 0 Å². The first-order chi connectivity index (χ1) is 9.49. The summed E-state index contributed by atoms with van der Waals surface area (Å²) in [6.07, 6.45) is 6.63. The summed E-state index contributed by atoms with van der Waals surface area (Å²) in [6, 6.07) is 10.9. The summed E-state index contributed by atoms with van der Waals surface area (Å²) in [5.74, 6) is 0.253.